The Morgan fingerprint density at radius 1 is 1.12 bits per heavy atom. The Kier molecular flexibility index (Phi) is 5.38. The summed E-state index contributed by atoms with van der Waals surface area (Å²) in [6, 6.07) is 12.5. The Morgan fingerprint density at radius 2 is 1.88 bits per heavy atom. The second kappa shape index (κ2) is 7.88. The third kappa shape index (κ3) is 4.08. The monoisotopic (exact) mass is 327 g/mol. The number of anilines is 1. The molecular formula is C18H22FN5. The predicted molar refractivity (Wildman–Crippen MR) is 94.9 cm³/mol. The predicted octanol–water partition coefficient (Wildman–Crippen LogP) is 1.97. The van der Waals surface area contributed by atoms with Crippen molar-refractivity contribution in [1.29, 1.82) is 0 Å². The van der Waals surface area contributed by atoms with Gasteiger partial charge >= 0.3 is 0 Å². The number of pyridine rings is 1. The van der Waals surface area contributed by atoms with E-state index >= 15 is 0 Å². The van der Waals surface area contributed by atoms with Gasteiger partial charge in [-0.15, -0.1) is 0 Å². The third-order valence-corrected chi connectivity index (χ3v) is 4.14. The summed E-state index contributed by atoms with van der Waals surface area (Å²) >= 11 is 0. The van der Waals surface area contributed by atoms with Gasteiger partial charge in [-0.3, -0.25) is 4.90 Å². The van der Waals surface area contributed by atoms with Gasteiger partial charge in [-0.2, -0.15) is 5.10 Å². The summed E-state index contributed by atoms with van der Waals surface area (Å²) in [4.78, 5) is 9.07. The van der Waals surface area contributed by atoms with Gasteiger partial charge in [0.2, 0.25) is 0 Å². The Labute approximate surface area is 141 Å². The minimum atomic E-state index is -0.230. The van der Waals surface area contributed by atoms with Crippen LogP contribution in [0.15, 0.2) is 53.8 Å². The largest absolute Gasteiger partial charge is 0.354 e. The zero-order valence-electron chi connectivity index (χ0n) is 13.8. The SMILES string of the molecule is CNN=C(CN1CCN(c2ccccn2)CC1)c1ccc(F)cc1. The number of benzene rings is 1. The average Bonchev–Trinajstić information content (AvgIpc) is 2.63. The summed E-state index contributed by atoms with van der Waals surface area (Å²) < 4.78 is 13.1. The second-order valence-electron chi connectivity index (χ2n) is 5.74. The van der Waals surface area contributed by atoms with E-state index in [1.165, 1.54) is 12.1 Å². The van der Waals surface area contributed by atoms with Crippen molar-refractivity contribution in [3.05, 3.63) is 60.0 Å². The van der Waals surface area contributed by atoms with Gasteiger partial charge in [0.05, 0.1) is 5.71 Å². The maximum absolute atomic E-state index is 13.1. The molecule has 1 fully saturated rings. The van der Waals surface area contributed by atoms with Crippen LogP contribution in [0.5, 0.6) is 0 Å². The van der Waals surface area contributed by atoms with Gasteiger partial charge in [-0.25, -0.2) is 9.37 Å². The van der Waals surface area contributed by atoms with Gasteiger partial charge < -0.3 is 10.3 Å². The summed E-state index contributed by atoms with van der Waals surface area (Å²) in [6.45, 7) is 4.50. The van der Waals surface area contributed by atoms with Gasteiger partial charge in [-0.05, 0) is 29.8 Å². The van der Waals surface area contributed by atoms with E-state index < -0.39 is 0 Å². The first kappa shape index (κ1) is 16.4. The van der Waals surface area contributed by atoms with Crippen LogP contribution in [0.1, 0.15) is 5.56 Å². The van der Waals surface area contributed by atoms with Crippen molar-refractivity contribution >= 4 is 11.5 Å². The lowest BCUT2D eigenvalue weighted by molar-refractivity contribution is 0.291. The molecule has 0 unspecified atom stereocenters. The number of rotatable bonds is 5. The van der Waals surface area contributed by atoms with Crippen molar-refractivity contribution in [1.82, 2.24) is 15.3 Å². The Bertz CT molecular complexity index is 664. The highest BCUT2D eigenvalue weighted by atomic mass is 19.1. The summed E-state index contributed by atoms with van der Waals surface area (Å²) in [5.74, 6) is 0.798. The molecule has 2 heterocycles. The van der Waals surface area contributed by atoms with Gasteiger partial charge in [0.1, 0.15) is 11.6 Å². The molecule has 6 heteroatoms. The Morgan fingerprint density at radius 3 is 2.50 bits per heavy atom. The standard InChI is InChI=1S/C18H22FN5/c1-20-22-17(15-5-7-16(19)8-6-15)14-23-10-12-24(13-11-23)18-4-2-3-9-21-18/h2-9,20H,10-14H2,1H3. The van der Waals surface area contributed by atoms with Crippen molar-refractivity contribution in [3.63, 3.8) is 0 Å². The molecule has 0 saturated carbocycles. The molecule has 1 N–H and O–H groups in total. The number of hydrazone groups is 1. The van der Waals surface area contributed by atoms with Gasteiger partial charge in [0.15, 0.2) is 0 Å². The number of hydrogen-bond acceptors (Lipinski definition) is 5. The Balaban J connectivity index is 1.61. The van der Waals surface area contributed by atoms with Crippen molar-refractivity contribution in [2.45, 2.75) is 0 Å². The van der Waals surface area contributed by atoms with Crippen LogP contribution in [0, 0.1) is 5.82 Å². The molecular weight excluding hydrogens is 305 g/mol. The number of aromatic nitrogens is 1. The highest BCUT2D eigenvalue weighted by Crippen LogP contribution is 2.13. The van der Waals surface area contributed by atoms with E-state index in [1.807, 2.05) is 24.4 Å². The molecule has 1 aromatic heterocycles. The van der Waals surface area contributed by atoms with Gasteiger partial charge in [0.25, 0.3) is 0 Å². The fraction of sp³-hybridized carbons (Fsp3) is 0.333. The summed E-state index contributed by atoms with van der Waals surface area (Å²) in [5, 5.41) is 4.37. The molecule has 1 aromatic carbocycles. The molecule has 1 aliphatic rings. The number of nitrogens with zero attached hydrogens (tertiary/aromatic N) is 4. The summed E-state index contributed by atoms with van der Waals surface area (Å²) in [7, 11) is 1.78. The van der Waals surface area contributed by atoms with Crippen LogP contribution in [0.3, 0.4) is 0 Å². The van der Waals surface area contributed by atoms with Crippen LogP contribution < -0.4 is 10.3 Å². The van der Waals surface area contributed by atoms with Crippen LogP contribution >= 0.6 is 0 Å². The van der Waals surface area contributed by atoms with Gasteiger partial charge in [-0.1, -0.05) is 18.2 Å². The van der Waals surface area contributed by atoms with E-state index in [2.05, 4.69) is 25.3 Å². The normalized spacial score (nSPS) is 16.2. The molecule has 3 rings (SSSR count). The zero-order valence-corrected chi connectivity index (χ0v) is 13.8. The molecule has 24 heavy (non-hydrogen) atoms. The fourth-order valence-electron chi connectivity index (χ4n) is 2.86. The van der Waals surface area contributed by atoms with E-state index in [9.17, 15) is 4.39 Å². The molecule has 0 spiro atoms. The van der Waals surface area contributed by atoms with E-state index in [0.29, 0.717) is 0 Å². The molecule has 0 amide bonds. The maximum atomic E-state index is 13.1. The van der Waals surface area contributed by atoms with Crippen LogP contribution in [0.25, 0.3) is 0 Å². The third-order valence-electron chi connectivity index (χ3n) is 4.14. The molecule has 1 saturated heterocycles. The number of halogens is 1. The minimum absolute atomic E-state index is 0.230. The Hall–Kier alpha value is -2.47. The number of nitrogens with one attached hydrogen (secondary N) is 1. The lowest BCUT2D eigenvalue weighted by Gasteiger charge is -2.35. The molecule has 2 aromatic rings. The van der Waals surface area contributed by atoms with Crippen LogP contribution in [-0.2, 0) is 0 Å². The average molecular weight is 327 g/mol. The van der Waals surface area contributed by atoms with E-state index in [1.54, 1.807) is 19.2 Å². The van der Waals surface area contributed by atoms with E-state index in [0.717, 1.165) is 49.8 Å². The molecule has 0 radical (unpaired) electrons. The summed E-state index contributed by atoms with van der Waals surface area (Å²) in [5.41, 5.74) is 4.71. The maximum Gasteiger partial charge on any atom is 0.128 e. The van der Waals surface area contributed by atoms with Crippen molar-refractivity contribution in [2.75, 3.05) is 44.7 Å². The van der Waals surface area contributed by atoms with Crippen molar-refractivity contribution in [2.24, 2.45) is 5.10 Å². The number of hydrogen-bond donors (Lipinski definition) is 1. The van der Waals surface area contributed by atoms with Crippen molar-refractivity contribution in [3.8, 4) is 0 Å². The first-order valence-corrected chi connectivity index (χ1v) is 8.14. The van der Waals surface area contributed by atoms with Crippen LogP contribution in [0.2, 0.25) is 0 Å². The molecule has 5 nitrogen and oxygen atoms in total. The quantitative estimate of drug-likeness (QED) is 0.674. The highest BCUT2D eigenvalue weighted by Gasteiger charge is 2.19. The zero-order chi connectivity index (χ0) is 16.8. The topological polar surface area (TPSA) is 43.8 Å². The molecule has 126 valence electrons. The van der Waals surface area contributed by atoms with Crippen LogP contribution in [-0.4, -0.2) is 55.4 Å². The van der Waals surface area contributed by atoms with Gasteiger partial charge in [0, 0.05) is 46.0 Å². The van der Waals surface area contributed by atoms with E-state index in [-0.39, 0.29) is 5.82 Å². The smallest absolute Gasteiger partial charge is 0.128 e. The van der Waals surface area contributed by atoms with E-state index in [4.69, 9.17) is 0 Å². The number of piperazine rings is 1. The lowest BCUT2D eigenvalue weighted by atomic mass is 10.1. The van der Waals surface area contributed by atoms with Crippen molar-refractivity contribution < 1.29 is 4.39 Å². The first-order valence-electron chi connectivity index (χ1n) is 8.14. The molecule has 0 aliphatic carbocycles. The second-order valence-corrected chi connectivity index (χ2v) is 5.74. The molecule has 0 bridgehead atoms. The molecule has 1 aliphatic heterocycles. The minimum Gasteiger partial charge on any atom is -0.354 e. The molecule has 0 atom stereocenters. The fourth-order valence-corrected chi connectivity index (χ4v) is 2.86. The lowest BCUT2D eigenvalue weighted by Crippen LogP contribution is -2.48. The highest BCUT2D eigenvalue weighted by molar-refractivity contribution is 6.01. The first-order chi connectivity index (χ1) is 11.8. The summed E-state index contributed by atoms with van der Waals surface area (Å²) in [6.07, 6.45) is 1.83. The van der Waals surface area contributed by atoms with Crippen LogP contribution in [0.4, 0.5) is 10.2 Å².